The summed E-state index contributed by atoms with van der Waals surface area (Å²) in [6.45, 7) is 4.33. The van der Waals surface area contributed by atoms with E-state index in [0.717, 1.165) is 12.8 Å². The number of hydrogen-bond donors (Lipinski definition) is 1. The molecular formula is C15H22O2. The van der Waals surface area contributed by atoms with Crippen molar-refractivity contribution in [3.8, 4) is 0 Å². The van der Waals surface area contributed by atoms with Gasteiger partial charge in [-0.1, -0.05) is 26.0 Å². The molecule has 0 aromatic rings. The second-order valence-electron chi connectivity index (χ2n) is 6.96. The van der Waals surface area contributed by atoms with Crippen LogP contribution in [0.4, 0.5) is 0 Å². The Kier molecular flexibility index (Phi) is 1.65. The molecule has 3 saturated carbocycles. The van der Waals surface area contributed by atoms with Crippen molar-refractivity contribution in [3.63, 3.8) is 0 Å². The second-order valence-corrected chi connectivity index (χ2v) is 6.96. The summed E-state index contributed by atoms with van der Waals surface area (Å²) < 4.78 is 5.96. The molecule has 0 aliphatic heterocycles. The molecule has 1 spiro atoms. The molecule has 0 saturated heterocycles. The van der Waals surface area contributed by atoms with Crippen LogP contribution in [0.5, 0.6) is 0 Å². The van der Waals surface area contributed by atoms with Crippen LogP contribution in [-0.2, 0) is 4.74 Å². The van der Waals surface area contributed by atoms with Gasteiger partial charge in [0.05, 0.1) is 11.2 Å². The first kappa shape index (κ1) is 10.6. The zero-order valence-electron chi connectivity index (χ0n) is 10.9. The van der Waals surface area contributed by atoms with Crippen LogP contribution in [-0.4, -0.2) is 23.4 Å². The minimum absolute atomic E-state index is 0.0804. The Hall–Kier alpha value is -0.340. The number of aliphatic hydroxyl groups is 1. The van der Waals surface area contributed by atoms with Crippen molar-refractivity contribution in [2.75, 3.05) is 7.11 Å². The van der Waals surface area contributed by atoms with Gasteiger partial charge in [-0.2, -0.15) is 0 Å². The predicted octanol–water partition coefficient (Wildman–Crippen LogP) is 2.37. The van der Waals surface area contributed by atoms with Crippen molar-refractivity contribution in [1.82, 2.24) is 0 Å². The molecule has 0 heterocycles. The van der Waals surface area contributed by atoms with Crippen LogP contribution in [0.1, 0.15) is 33.1 Å². The zero-order chi connectivity index (χ0) is 12.1. The van der Waals surface area contributed by atoms with Crippen molar-refractivity contribution in [2.45, 2.75) is 44.3 Å². The minimum atomic E-state index is -0.460. The fourth-order valence-electron chi connectivity index (χ4n) is 5.83. The maximum absolute atomic E-state index is 11.0. The van der Waals surface area contributed by atoms with Gasteiger partial charge in [0, 0.05) is 24.4 Å². The first-order valence-electron chi connectivity index (χ1n) is 7.00. The van der Waals surface area contributed by atoms with E-state index in [1.165, 1.54) is 6.42 Å². The fourth-order valence-corrected chi connectivity index (χ4v) is 5.83. The van der Waals surface area contributed by atoms with E-state index in [1.807, 2.05) is 7.11 Å². The van der Waals surface area contributed by atoms with Crippen LogP contribution in [0.3, 0.4) is 0 Å². The average Bonchev–Trinajstić information content (AvgIpc) is 2.56. The van der Waals surface area contributed by atoms with Gasteiger partial charge in [-0.15, -0.1) is 0 Å². The molecule has 2 nitrogen and oxygen atoms in total. The van der Waals surface area contributed by atoms with Crippen molar-refractivity contribution >= 4 is 0 Å². The summed E-state index contributed by atoms with van der Waals surface area (Å²) in [6.07, 6.45) is 8.00. The molecule has 1 N–H and O–H groups in total. The van der Waals surface area contributed by atoms with Gasteiger partial charge in [0.1, 0.15) is 0 Å². The fraction of sp³-hybridized carbons (Fsp3) is 0.867. The Morgan fingerprint density at radius 1 is 1.35 bits per heavy atom. The normalized spacial score (nSPS) is 62.1. The topological polar surface area (TPSA) is 29.5 Å². The van der Waals surface area contributed by atoms with E-state index in [1.54, 1.807) is 0 Å². The number of ether oxygens (including phenoxy) is 1. The molecule has 3 fully saturated rings. The summed E-state index contributed by atoms with van der Waals surface area (Å²) in [5.74, 6) is 2.12. The lowest BCUT2D eigenvalue weighted by Gasteiger charge is -2.40. The summed E-state index contributed by atoms with van der Waals surface area (Å²) in [4.78, 5) is 0. The van der Waals surface area contributed by atoms with E-state index in [4.69, 9.17) is 4.74 Å². The smallest absolute Gasteiger partial charge is 0.0873 e. The Labute approximate surface area is 103 Å². The van der Waals surface area contributed by atoms with Crippen LogP contribution in [0.15, 0.2) is 12.2 Å². The van der Waals surface area contributed by atoms with Gasteiger partial charge < -0.3 is 9.84 Å². The monoisotopic (exact) mass is 234 g/mol. The van der Waals surface area contributed by atoms with Crippen molar-refractivity contribution in [1.29, 1.82) is 0 Å². The van der Waals surface area contributed by atoms with Crippen LogP contribution < -0.4 is 0 Å². The third-order valence-corrected chi connectivity index (χ3v) is 6.69. The SMILES string of the molecule is CO[C@@]12C3C=C[C@@]14CC[C@](O)(C(C)C)[C@H]4CC32. The summed E-state index contributed by atoms with van der Waals surface area (Å²) in [5.41, 5.74) is -0.217. The Bertz CT molecular complexity index is 415. The molecule has 2 heteroatoms. The molecule has 6 atom stereocenters. The average molecular weight is 234 g/mol. The van der Waals surface area contributed by atoms with Crippen molar-refractivity contribution in [3.05, 3.63) is 12.2 Å². The lowest BCUT2D eigenvalue weighted by atomic mass is 9.70. The van der Waals surface area contributed by atoms with Gasteiger partial charge in [0.15, 0.2) is 0 Å². The predicted molar refractivity (Wildman–Crippen MR) is 65.4 cm³/mol. The third kappa shape index (κ3) is 0.794. The Balaban J connectivity index is 1.82. The standard InChI is InChI=1S/C15H22O2/c1-9(2)14(16)7-6-13-5-4-10-11(8-12(13)14)15(10,13)17-3/h4-5,9-12,16H,6-8H2,1-3H3/t10?,11?,12-,13-,14-,15+/m0/s1. The maximum atomic E-state index is 11.0. The highest BCUT2D eigenvalue weighted by molar-refractivity contribution is 5.45. The molecule has 4 aliphatic carbocycles. The van der Waals surface area contributed by atoms with Gasteiger partial charge in [-0.3, -0.25) is 0 Å². The second kappa shape index (κ2) is 2.65. The largest absolute Gasteiger partial charge is 0.389 e. The number of hydrogen-bond acceptors (Lipinski definition) is 2. The highest BCUT2D eigenvalue weighted by Crippen LogP contribution is 2.82. The molecule has 0 aromatic heterocycles. The molecule has 4 aliphatic rings. The molecule has 94 valence electrons. The van der Waals surface area contributed by atoms with Crippen molar-refractivity contribution in [2.24, 2.45) is 29.1 Å². The molecular weight excluding hydrogens is 212 g/mol. The van der Waals surface area contributed by atoms with Crippen LogP contribution in [0, 0.1) is 29.1 Å². The van der Waals surface area contributed by atoms with Crippen LogP contribution in [0.25, 0.3) is 0 Å². The minimum Gasteiger partial charge on any atom is -0.389 e. The van der Waals surface area contributed by atoms with Gasteiger partial charge >= 0.3 is 0 Å². The van der Waals surface area contributed by atoms with Crippen molar-refractivity contribution < 1.29 is 9.84 Å². The molecule has 2 unspecified atom stereocenters. The highest BCUT2D eigenvalue weighted by atomic mass is 16.5. The third-order valence-electron chi connectivity index (χ3n) is 6.69. The number of methoxy groups -OCH3 is 1. The zero-order valence-corrected chi connectivity index (χ0v) is 10.9. The van der Waals surface area contributed by atoms with E-state index < -0.39 is 5.60 Å². The molecule has 0 radical (unpaired) electrons. The van der Waals surface area contributed by atoms with Crippen LogP contribution in [0.2, 0.25) is 0 Å². The summed E-state index contributed by atoms with van der Waals surface area (Å²) in [7, 11) is 1.87. The van der Waals surface area contributed by atoms with E-state index in [2.05, 4.69) is 26.0 Å². The molecule has 4 rings (SSSR count). The van der Waals surface area contributed by atoms with Gasteiger partial charge in [0.2, 0.25) is 0 Å². The Morgan fingerprint density at radius 2 is 2.12 bits per heavy atom. The summed E-state index contributed by atoms with van der Waals surface area (Å²) >= 11 is 0. The van der Waals surface area contributed by atoms with E-state index >= 15 is 0 Å². The summed E-state index contributed by atoms with van der Waals surface area (Å²) in [6, 6.07) is 0. The molecule has 0 aromatic carbocycles. The Morgan fingerprint density at radius 3 is 2.76 bits per heavy atom. The van der Waals surface area contributed by atoms with Gasteiger partial charge in [-0.05, 0) is 31.1 Å². The van der Waals surface area contributed by atoms with E-state index in [0.29, 0.717) is 23.7 Å². The maximum Gasteiger partial charge on any atom is 0.0873 e. The first-order chi connectivity index (χ1) is 8.03. The van der Waals surface area contributed by atoms with E-state index in [-0.39, 0.29) is 11.0 Å². The van der Waals surface area contributed by atoms with Crippen LogP contribution >= 0.6 is 0 Å². The lowest BCUT2D eigenvalue weighted by Crippen LogP contribution is -2.45. The first-order valence-corrected chi connectivity index (χ1v) is 7.00. The molecule has 0 amide bonds. The summed E-state index contributed by atoms with van der Waals surface area (Å²) in [5, 5.41) is 11.0. The number of fused-ring (bicyclic) bond motifs is 1. The quantitative estimate of drug-likeness (QED) is 0.743. The van der Waals surface area contributed by atoms with Gasteiger partial charge in [-0.25, -0.2) is 0 Å². The molecule has 17 heavy (non-hydrogen) atoms. The highest BCUT2D eigenvalue weighted by Gasteiger charge is 2.85. The van der Waals surface area contributed by atoms with E-state index in [9.17, 15) is 5.11 Å². The lowest BCUT2D eigenvalue weighted by molar-refractivity contribution is -0.0762. The molecule has 0 bridgehead atoms. The van der Waals surface area contributed by atoms with Gasteiger partial charge in [0.25, 0.3) is 0 Å². The number of rotatable bonds is 2.